The first-order valence-electron chi connectivity index (χ1n) is 4.96. The van der Waals surface area contributed by atoms with Gasteiger partial charge in [0.2, 0.25) is 5.91 Å². The molecule has 1 aromatic rings. The molecule has 0 bridgehead atoms. The van der Waals surface area contributed by atoms with Gasteiger partial charge >= 0.3 is 0 Å². The molecule has 16 heavy (non-hydrogen) atoms. The quantitative estimate of drug-likeness (QED) is 0.846. The summed E-state index contributed by atoms with van der Waals surface area (Å²) in [6, 6.07) is 4.85. The molecule has 1 amide bonds. The van der Waals surface area contributed by atoms with Crippen molar-refractivity contribution in [1.82, 2.24) is 5.32 Å². The summed E-state index contributed by atoms with van der Waals surface area (Å²) in [5, 5.41) is 2.67. The molecule has 0 atom stereocenters. The maximum atomic E-state index is 13.3. The molecule has 0 aliphatic heterocycles. The van der Waals surface area contributed by atoms with Gasteiger partial charge in [-0.3, -0.25) is 4.79 Å². The summed E-state index contributed by atoms with van der Waals surface area (Å²) in [5.74, 6) is -0.314. The van der Waals surface area contributed by atoms with Crippen molar-refractivity contribution in [2.75, 3.05) is 6.54 Å². The molecule has 0 radical (unpaired) electrons. The minimum absolute atomic E-state index is 0.0551. The summed E-state index contributed by atoms with van der Waals surface area (Å²) in [6.07, 6.45) is 4.22. The molecule has 0 aliphatic carbocycles. The average Bonchev–Trinajstić information content (AvgIpc) is 2.21. The van der Waals surface area contributed by atoms with Gasteiger partial charge < -0.3 is 5.32 Å². The molecule has 0 saturated heterocycles. The Hall–Kier alpha value is -1.16. The van der Waals surface area contributed by atoms with Crippen molar-refractivity contribution < 1.29 is 9.18 Å². The smallest absolute Gasteiger partial charge is 0.216 e. The Kier molecular flexibility index (Phi) is 5.19. The van der Waals surface area contributed by atoms with Gasteiger partial charge in [0.25, 0.3) is 0 Å². The van der Waals surface area contributed by atoms with E-state index >= 15 is 0 Å². The molecule has 0 spiro atoms. The predicted octanol–water partition coefficient (Wildman–Crippen LogP) is 3.13. The Balaban J connectivity index is 2.53. The summed E-state index contributed by atoms with van der Waals surface area (Å²) in [4.78, 5) is 10.6. The highest BCUT2D eigenvalue weighted by molar-refractivity contribution is 9.10. The van der Waals surface area contributed by atoms with Crippen molar-refractivity contribution in [3.05, 3.63) is 40.1 Å². The molecule has 4 heteroatoms. The highest BCUT2D eigenvalue weighted by atomic mass is 79.9. The Labute approximate surface area is 103 Å². The zero-order valence-corrected chi connectivity index (χ0v) is 10.6. The lowest BCUT2D eigenvalue weighted by molar-refractivity contribution is -0.118. The van der Waals surface area contributed by atoms with Gasteiger partial charge in [-0.05, 0) is 18.6 Å². The Morgan fingerprint density at radius 1 is 1.56 bits per heavy atom. The zero-order chi connectivity index (χ0) is 12.0. The van der Waals surface area contributed by atoms with Gasteiger partial charge in [-0.1, -0.05) is 34.1 Å². The predicted molar refractivity (Wildman–Crippen MR) is 66.4 cm³/mol. The first-order valence-corrected chi connectivity index (χ1v) is 5.75. The molecule has 0 aliphatic rings. The summed E-state index contributed by atoms with van der Waals surface area (Å²) < 4.78 is 14.1. The summed E-state index contributed by atoms with van der Waals surface area (Å²) in [7, 11) is 0. The molecule has 1 aromatic carbocycles. The van der Waals surface area contributed by atoms with Gasteiger partial charge in [-0.15, -0.1) is 0 Å². The lowest BCUT2D eigenvalue weighted by atomic mass is 10.2. The first kappa shape index (κ1) is 12.9. The highest BCUT2D eigenvalue weighted by Crippen LogP contribution is 2.20. The van der Waals surface area contributed by atoms with E-state index in [1.165, 1.54) is 13.0 Å². The molecule has 86 valence electrons. The van der Waals surface area contributed by atoms with Crippen LogP contribution in [0.5, 0.6) is 0 Å². The third-order valence-electron chi connectivity index (χ3n) is 1.97. The topological polar surface area (TPSA) is 29.1 Å². The minimum Gasteiger partial charge on any atom is -0.356 e. The van der Waals surface area contributed by atoms with E-state index in [1.54, 1.807) is 18.2 Å². The number of rotatable bonds is 4. The van der Waals surface area contributed by atoms with Gasteiger partial charge in [-0.2, -0.15) is 0 Å². The van der Waals surface area contributed by atoms with Crippen LogP contribution in [0.25, 0.3) is 6.08 Å². The molecule has 1 rings (SSSR count). The van der Waals surface area contributed by atoms with Gasteiger partial charge in [-0.25, -0.2) is 4.39 Å². The number of benzene rings is 1. The van der Waals surface area contributed by atoms with E-state index in [1.807, 2.05) is 6.08 Å². The van der Waals surface area contributed by atoms with Crippen molar-refractivity contribution >= 4 is 27.9 Å². The monoisotopic (exact) mass is 285 g/mol. The molecule has 0 heterocycles. The average molecular weight is 286 g/mol. The number of carbonyl (C=O) groups excluding carboxylic acids is 1. The maximum Gasteiger partial charge on any atom is 0.216 e. The van der Waals surface area contributed by atoms with Crippen molar-refractivity contribution in [2.45, 2.75) is 13.3 Å². The molecular formula is C12H13BrFNO. The van der Waals surface area contributed by atoms with E-state index in [0.29, 0.717) is 18.5 Å². The summed E-state index contributed by atoms with van der Waals surface area (Å²) in [5.41, 5.74) is 0.533. The fraction of sp³-hybridized carbons (Fsp3) is 0.250. The van der Waals surface area contributed by atoms with Gasteiger partial charge in [0.05, 0.1) is 0 Å². The molecular weight excluding hydrogens is 273 g/mol. The SMILES string of the molecule is CC(=O)NCCC=Cc1c(F)cccc1Br. The number of nitrogens with one attached hydrogen (secondary N) is 1. The molecule has 0 saturated carbocycles. The van der Waals surface area contributed by atoms with E-state index in [4.69, 9.17) is 0 Å². The number of hydrogen-bond acceptors (Lipinski definition) is 1. The lowest BCUT2D eigenvalue weighted by Crippen LogP contribution is -2.20. The molecule has 0 fully saturated rings. The molecule has 0 aromatic heterocycles. The fourth-order valence-corrected chi connectivity index (χ4v) is 1.68. The van der Waals surface area contributed by atoms with Crippen LogP contribution >= 0.6 is 15.9 Å². The van der Waals surface area contributed by atoms with Crippen LogP contribution in [0.2, 0.25) is 0 Å². The second kappa shape index (κ2) is 6.43. The molecule has 1 N–H and O–H groups in total. The van der Waals surface area contributed by atoms with E-state index < -0.39 is 0 Å². The second-order valence-corrected chi connectivity index (χ2v) is 4.16. The minimum atomic E-state index is -0.259. The van der Waals surface area contributed by atoms with Gasteiger partial charge in [0, 0.05) is 23.5 Å². The van der Waals surface area contributed by atoms with Crippen molar-refractivity contribution in [3.63, 3.8) is 0 Å². The van der Waals surface area contributed by atoms with Gasteiger partial charge in [0.1, 0.15) is 5.82 Å². The van der Waals surface area contributed by atoms with Crippen LogP contribution in [0, 0.1) is 5.82 Å². The summed E-state index contributed by atoms with van der Waals surface area (Å²) in [6.45, 7) is 2.04. The van der Waals surface area contributed by atoms with Crippen LogP contribution in [0.4, 0.5) is 4.39 Å². The summed E-state index contributed by atoms with van der Waals surface area (Å²) >= 11 is 3.28. The maximum absolute atomic E-state index is 13.3. The van der Waals surface area contributed by atoms with E-state index in [2.05, 4.69) is 21.2 Å². The normalized spacial score (nSPS) is 10.7. The van der Waals surface area contributed by atoms with Crippen LogP contribution in [0.3, 0.4) is 0 Å². The van der Waals surface area contributed by atoms with Crippen molar-refractivity contribution in [2.24, 2.45) is 0 Å². The van der Waals surface area contributed by atoms with Crippen LogP contribution in [0.15, 0.2) is 28.7 Å². The molecule has 2 nitrogen and oxygen atoms in total. The van der Waals surface area contributed by atoms with Gasteiger partial charge in [0.15, 0.2) is 0 Å². The van der Waals surface area contributed by atoms with E-state index in [0.717, 1.165) is 4.47 Å². The highest BCUT2D eigenvalue weighted by Gasteiger charge is 2.01. The fourth-order valence-electron chi connectivity index (χ4n) is 1.20. The Morgan fingerprint density at radius 3 is 2.94 bits per heavy atom. The number of halogens is 2. The van der Waals surface area contributed by atoms with E-state index in [9.17, 15) is 9.18 Å². The third kappa shape index (κ3) is 4.14. The number of carbonyl (C=O) groups is 1. The zero-order valence-electron chi connectivity index (χ0n) is 8.97. The van der Waals surface area contributed by atoms with Crippen LogP contribution in [-0.2, 0) is 4.79 Å². The lowest BCUT2D eigenvalue weighted by Gasteiger charge is -2.00. The van der Waals surface area contributed by atoms with Crippen LogP contribution < -0.4 is 5.32 Å². The standard InChI is InChI=1S/C12H13BrFNO/c1-9(16)15-8-3-2-5-10-11(13)6-4-7-12(10)14/h2,4-7H,3,8H2,1H3,(H,15,16). The number of hydrogen-bond donors (Lipinski definition) is 1. The van der Waals surface area contributed by atoms with Crippen molar-refractivity contribution in [3.8, 4) is 0 Å². The van der Waals surface area contributed by atoms with E-state index in [-0.39, 0.29) is 11.7 Å². The Bertz CT molecular complexity index is 384. The number of amides is 1. The first-order chi connectivity index (χ1) is 7.61. The Morgan fingerprint density at radius 2 is 2.31 bits per heavy atom. The largest absolute Gasteiger partial charge is 0.356 e. The third-order valence-corrected chi connectivity index (χ3v) is 2.66. The van der Waals surface area contributed by atoms with Crippen LogP contribution in [-0.4, -0.2) is 12.5 Å². The van der Waals surface area contributed by atoms with Crippen molar-refractivity contribution in [1.29, 1.82) is 0 Å². The molecule has 0 unspecified atom stereocenters. The second-order valence-electron chi connectivity index (χ2n) is 3.31. The van der Waals surface area contributed by atoms with Crippen LogP contribution in [0.1, 0.15) is 18.9 Å².